The molecule has 0 fully saturated rings. The molecule has 0 aliphatic heterocycles. The Kier molecular flexibility index (Phi) is 7.38. The standard InChI is InChI=1S/C20H28N4O/c1-4-5-9-12-21-19-14-22-18(13-23-19)20(25)24(16(2)3)15-17-10-7-6-8-11-17/h6-8,10-11,13-14,16H,4-5,9,12,15H2,1-3H3,(H,21,23). The van der Waals surface area contributed by atoms with Crippen LogP contribution in [0.3, 0.4) is 0 Å². The molecule has 0 spiro atoms. The number of unbranched alkanes of at least 4 members (excludes halogenated alkanes) is 2. The molecule has 0 aliphatic rings. The van der Waals surface area contributed by atoms with Crippen molar-refractivity contribution in [1.82, 2.24) is 14.9 Å². The van der Waals surface area contributed by atoms with E-state index in [4.69, 9.17) is 0 Å². The van der Waals surface area contributed by atoms with Crippen molar-refractivity contribution < 1.29 is 4.79 Å². The summed E-state index contributed by atoms with van der Waals surface area (Å²) < 4.78 is 0. The molecule has 134 valence electrons. The van der Waals surface area contributed by atoms with Crippen LogP contribution in [0.25, 0.3) is 0 Å². The highest BCUT2D eigenvalue weighted by atomic mass is 16.2. The fraction of sp³-hybridized carbons (Fsp3) is 0.450. The third-order valence-electron chi connectivity index (χ3n) is 4.04. The quantitative estimate of drug-likeness (QED) is 0.697. The van der Waals surface area contributed by atoms with Crippen LogP contribution in [0.5, 0.6) is 0 Å². The fourth-order valence-electron chi connectivity index (χ4n) is 2.54. The van der Waals surface area contributed by atoms with E-state index in [0.29, 0.717) is 18.1 Å². The van der Waals surface area contributed by atoms with Crippen LogP contribution in [-0.2, 0) is 6.54 Å². The van der Waals surface area contributed by atoms with Gasteiger partial charge in [-0.1, -0.05) is 50.1 Å². The zero-order chi connectivity index (χ0) is 18.1. The molecule has 0 saturated heterocycles. The molecule has 0 bridgehead atoms. The van der Waals surface area contributed by atoms with Gasteiger partial charge in [-0.05, 0) is 25.8 Å². The molecule has 0 radical (unpaired) electrons. The molecule has 2 aromatic rings. The van der Waals surface area contributed by atoms with Crippen LogP contribution in [0.1, 0.15) is 56.1 Å². The van der Waals surface area contributed by atoms with Gasteiger partial charge in [-0.3, -0.25) is 4.79 Å². The van der Waals surface area contributed by atoms with Gasteiger partial charge in [0.05, 0.1) is 12.4 Å². The Morgan fingerprint density at radius 1 is 1.12 bits per heavy atom. The number of carbonyl (C=O) groups is 1. The topological polar surface area (TPSA) is 58.1 Å². The highest BCUT2D eigenvalue weighted by Crippen LogP contribution is 2.12. The van der Waals surface area contributed by atoms with Gasteiger partial charge in [-0.2, -0.15) is 0 Å². The lowest BCUT2D eigenvalue weighted by molar-refractivity contribution is 0.0684. The Hall–Kier alpha value is -2.43. The summed E-state index contributed by atoms with van der Waals surface area (Å²) >= 11 is 0. The normalized spacial score (nSPS) is 10.7. The van der Waals surface area contributed by atoms with Crippen LogP contribution >= 0.6 is 0 Å². The van der Waals surface area contributed by atoms with Crippen molar-refractivity contribution in [2.24, 2.45) is 0 Å². The average Bonchev–Trinajstić information content (AvgIpc) is 2.64. The van der Waals surface area contributed by atoms with E-state index in [-0.39, 0.29) is 11.9 Å². The van der Waals surface area contributed by atoms with E-state index in [2.05, 4.69) is 22.2 Å². The van der Waals surface area contributed by atoms with E-state index < -0.39 is 0 Å². The Morgan fingerprint density at radius 2 is 1.88 bits per heavy atom. The lowest BCUT2D eigenvalue weighted by atomic mass is 10.2. The second-order valence-corrected chi connectivity index (χ2v) is 6.43. The maximum absolute atomic E-state index is 12.8. The predicted octanol–water partition coefficient (Wildman–Crippen LogP) is 4.13. The first kappa shape index (κ1) is 18.9. The van der Waals surface area contributed by atoms with Crippen molar-refractivity contribution in [3.8, 4) is 0 Å². The van der Waals surface area contributed by atoms with Gasteiger partial charge in [-0.25, -0.2) is 9.97 Å². The summed E-state index contributed by atoms with van der Waals surface area (Å²) in [4.78, 5) is 23.2. The maximum Gasteiger partial charge on any atom is 0.274 e. The second-order valence-electron chi connectivity index (χ2n) is 6.43. The van der Waals surface area contributed by atoms with Gasteiger partial charge in [0, 0.05) is 19.1 Å². The number of carbonyl (C=O) groups excluding carboxylic acids is 1. The number of hydrogen-bond acceptors (Lipinski definition) is 4. The van der Waals surface area contributed by atoms with Crippen molar-refractivity contribution in [2.45, 2.75) is 52.6 Å². The second kappa shape index (κ2) is 9.77. The highest BCUT2D eigenvalue weighted by molar-refractivity contribution is 5.92. The molecule has 5 nitrogen and oxygen atoms in total. The SMILES string of the molecule is CCCCCNc1cnc(C(=O)N(Cc2ccccc2)C(C)C)cn1. The van der Waals surface area contributed by atoms with Gasteiger partial charge in [0.1, 0.15) is 11.5 Å². The third kappa shape index (κ3) is 5.85. The van der Waals surface area contributed by atoms with E-state index >= 15 is 0 Å². The van der Waals surface area contributed by atoms with Gasteiger partial charge in [0.25, 0.3) is 5.91 Å². The number of hydrogen-bond donors (Lipinski definition) is 1. The number of anilines is 1. The zero-order valence-electron chi connectivity index (χ0n) is 15.4. The van der Waals surface area contributed by atoms with Crippen molar-refractivity contribution >= 4 is 11.7 Å². The minimum absolute atomic E-state index is 0.0846. The Bertz CT molecular complexity index is 641. The first-order chi connectivity index (χ1) is 12.1. The molecule has 25 heavy (non-hydrogen) atoms. The van der Waals surface area contributed by atoms with Crippen LogP contribution in [-0.4, -0.2) is 33.4 Å². The van der Waals surface area contributed by atoms with Crippen LogP contribution < -0.4 is 5.32 Å². The van der Waals surface area contributed by atoms with E-state index in [1.165, 1.54) is 12.8 Å². The van der Waals surface area contributed by atoms with Gasteiger partial charge in [-0.15, -0.1) is 0 Å². The molecular weight excluding hydrogens is 312 g/mol. The number of rotatable bonds is 9. The molecule has 1 aromatic carbocycles. The molecular formula is C20H28N4O. The van der Waals surface area contributed by atoms with Gasteiger partial charge < -0.3 is 10.2 Å². The zero-order valence-corrected chi connectivity index (χ0v) is 15.4. The van der Waals surface area contributed by atoms with Crippen molar-refractivity contribution in [2.75, 3.05) is 11.9 Å². The van der Waals surface area contributed by atoms with Crippen LogP contribution in [0.15, 0.2) is 42.7 Å². The Morgan fingerprint density at radius 3 is 2.48 bits per heavy atom. The monoisotopic (exact) mass is 340 g/mol. The minimum atomic E-state index is -0.0936. The summed E-state index contributed by atoms with van der Waals surface area (Å²) in [6.45, 7) is 7.64. The predicted molar refractivity (Wildman–Crippen MR) is 101 cm³/mol. The summed E-state index contributed by atoms with van der Waals surface area (Å²) in [6.07, 6.45) is 6.69. The van der Waals surface area contributed by atoms with Crippen molar-refractivity contribution in [1.29, 1.82) is 0 Å². The molecule has 0 aliphatic carbocycles. The largest absolute Gasteiger partial charge is 0.369 e. The van der Waals surface area contributed by atoms with Crippen molar-refractivity contribution in [3.63, 3.8) is 0 Å². The average molecular weight is 340 g/mol. The number of nitrogens with zero attached hydrogens (tertiary/aromatic N) is 3. The summed E-state index contributed by atoms with van der Waals surface area (Å²) in [5.74, 6) is 0.621. The molecule has 1 aromatic heterocycles. The minimum Gasteiger partial charge on any atom is -0.369 e. The van der Waals surface area contributed by atoms with Crippen LogP contribution in [0, 0.1) is 0 Å². The molecule has 1 amide bonds. The number of benzene rings is 1. The van der Waals surface area contributed by atoms with Crippen LogP contribution in [0.4, 0.5) is 5.82 Å². The lowest BCUT2D eigenvalue weighted by Crippen LogP contribution is -2.37. The molecule has 2 rings (SSSR count). The summed E-state index contributed by atoms with van der Waals surface area (Å²) in [6, 6.07) is 10.1. The van der Waals surface area contributed by atoms with E-state index in [1.54, 1.807) is 12.4 Å². The molecule has 5 heteroatoms. The number of aromatic nitrogens is 2. The lowest BCUT2D eigenvalue weighted by Gasteiger charge is -2.26. The smallest absolute Gasteiger partial charge is 0.274 e. The van der Waals surface area contributed by atoms with E-state index in [1.807, 2.05) is 49.1 Å². The summed E-state index contributed by atoms with van der Waals surface area (Å²) in [7, 11) is 0. The Balaban J connectivity index is 2.01. The molecule has 0 atom stereocenters. The van der Waals surface area contributed by atoms with Gasteiger partial charge in [0.15, 0.2) is 0 Å². The number of nitrogens with one attached hydrogen (secondary N) is 1. The van der Waals surface area contributed by atoms with Crippen molar-refractivity contribution in [3.05, 3.63) is 54.0 Å². The first-order valence-corrected chi connectivity index (χ1v) is 9.02. The highest BCUT2D eigenvalue weighted by Gasteiger charge is 2.20. The molecule has 0 unspecified atom stereocenters. The van der Waals surface area contributed by atoms with E-state index in [9.17, 15) is 4.79 Å². The third-order valence-corrected chi connectivity index (χ3v) is 4.04. The Labute approximate surface area is 150 Å². The van der Waals surface area contributed by atoms with Gasteiger partial charge >= 0.3 is 0 Å². The molecule has 0 saturated carbocycles. The van der Waals surface area contributed by atoms with Gasteiger partial charge in [0.2, 0.25) is 0 Å². The molecule has 1 heterocycles. The summed E-state index contributed by atoms with van der Waals surface area (Å²) in [5.41, 5.74) is 1.48. The first-order valence-electron chi connectivity index (χ1n) is 9.02. The number of amides is 1. The molecule has 1 N–H and O–H groups in total. The maximum atomic E-state index is 12.8. The van der Waals surface area contributed by atoms with Crippen LogP contribution in [0.2, 0.25) is 0 Å². The van der Waals surface area contributed by atoms with E-state index in [0.717, 1.165) is 18.5 Å². The fourth-order valence-corrected chi connectivity index (χ4v) is 2.54. The summed E-state index contributed by atoms with van der Waals surface area (Å²) in [5, 5.41) is 3.24.